The van der Waals surface area contributed by atoms with E-state index in [9.17, 15) is 14.9 Å². The van der Waals surface area contributed by atoms with Crippen LogP contribution < -0.4 is 0 Å². The van der Waals surface area contributed by atoms with Crippen LogP contribution in [-0.4, -0.2) is 27.3 Å². The lowest BCUT2D eigenvalue weighted by molar-refractivity contribution is -0.386. The van der Waals surface area contributed by atoms with Crippen LogP contribution in [0.3, 0.4) is 0 Å². The quantitative estimate of drug-likeness (QED) is 0.343. The maximum Gasteiger partial charge on any atom is 0.328 e. The summed E-state index contributed by atoms with van der Waals surface area (Å²) in [7, 11) is 0. The van der Waals surface area contributed by atoms with Gasteiger partial charge in [-0.05, 0) is 20.8 Å². The molecule has 0 saturated heterocycles. The molecule has 0 aliphatic rings. The highest BCUT2D eigenvalue weighted by Crippen LogP contribution is 2.21. The van der Waals surface area contributed by atoms with Crippen LogP contribution in [0.25, 0.3) is 0 Å². The van der Waals surface area contributed by atoms with Crippen molar-refractivity contribution in [2.45, 2.75) is 27.3 Å². The number of rotatable bonds is 5. The maximum absolute atomic E-state index is 11.4. The van der Waals surface area contributed by atoms with Crippen molar-refractivity contribution in [2.75, 3.05) is 6.61 Å². The third-order valence-electron chi connectivity index (χ3n) is 2.38. The van der Waals surface area contributed by atoms with Crippen LogP contribution in [0.2, 0.25) is 0 Å². The lowest BCUT2D eigenvalue weighted by Crippen LogP contribution is -2.15. The summed E-state index contributed by atoms with van der Waals surface area (Å²) in [5.74, 6) is -0.478. The van der Waals surface area contributed by atoms with Gasteiger partial charge in [0.05, 0.1) is 4.92 Å². The van der Waals surface area contributed by atoms with Crippen LogP contribution >= 0.6 is 0 Å². The van der Waals surface area contributed by atoms with Gasteiger partial charge in [-0.1, -0.05) is 12.2 Å². The van der Waals surface area contributed by atoms with Crippen LogP contribution in [0.15, 0.2) is 12.2 Å². The molecule has 0 spiro atoms. The molecule has 0 aliphatic heterocycles. The van der Waals surface area contributed by atoms with Gasteiger partial charge in [0.1, 0.15) is 24.5 Å². The van der Waals surface area contributed by atoms with Crippen molar-refractivity contribution < 1.29 is 14.5 Å². The maximum atomic E-state index is 11.4. The molecule has 0 amide bonds. The minimum Gasteiger partial charge on any atom is -0.460 e. The summed E-state index contributed by atoms with van der Waals surface area (Å²) >= 11 is 0. The number of aromatic nitrogens is 2. The summed E-state index contributed by atoms with van der Waals surface area (Å²) in [6.45, 7) is 4.97. The van der Waals surface area contributed by atoms with Gasteiger partial charge in [-0.15, -0.1) is 0 Å². The molecule has 1 aromatic rings. The molecule has 1 aromatic heterocycles. The molecular formula is C11H15N3O4. The van der Waals surface area contributed by atoms with Crippen LogP contribution in [0.5, 0.6) is 0 Å². The average Bonchev–Trinajstić information content (AvgIpc) is 2.54. The minimum atomic E-state index is -0.501. The van der Waals surface area contributed by atoms with Gasteiger partial charge in [-0.25, -0.2) is 0 Å². The number of nitrogens with zero attached hydrogens (tertiary/aromatic N) is 3. The first-order valence-electron chi connectivity index (χ1n) is 5.42. The number of hydrogen-bond acceptors (Lipinski definition) is 5. The SMILES string of the molecule is C/C=C/COC(=O)Cn1nc(C)c([N+](=O)[O-])c1C. The molecular weight excluding hydrogens is 238 g/mol. The number of esters is 1. The van der Waals surface area contributed by atoms with Gasteiger partial charge in [0.15, 0.2) is 0 Å². The van der Waals surface area contributed by atoms with Gasteiger partial charge in [0, 0.05) is 0 Å². The Morgan fingerprint density at radius 3 is 2.72 bits per heavy atom. The number of carbonyl (C=O) groups is 1. The van der Waals surface area contributed by atoms with Gasteiger partial charge in [-0.2, -0.15) is 5.10 Å². The van der Waals surface area contributed by atoms with Gasteiger partial charge >= 0.3 is 11.7 Å². The Labute approximate surface area is 104 Å². The zero-order valence-corrected chi connectivity index (χ0v) is 10.5. The topological polar surface area (TPSA) is 87.3 Å². The third kappa shape index (κ3) is 3.16. The fourth-order valence-electron chi connectivity index (χ4n) is 1.51. The van der Waals surface area contributed by atoms with E-state index in [1.54, 1.807) is 19.1 Å². The summed E-state index contributed by atoms with van der Waals surface area (Å²) in [4.78, 5) is 21.7. The summed E-state index contributed by atoms with van der Waals surface area (Å²) in [5, 5.41) is 14.7. The van der Waals surface area contributed by atoms with Crippen LogP contribution in [0.4, 0.5) is 5.69 Å². The summed E-state index contributed by atoms with van der Waals surface area (Å²) in [6.07, 6.45) is 3.46. The second-order valence-electron chi connectivity index (χ2n) is 3.69. The number of allylic oxidation sites excluding steroid dienone is 1. The molecule has 0 aromatic carbocycles. The van der Waals surface area contributed by atoms with Crippen molar-refractivity contribution >= 4 is 11.7 Å². The van der Waals surface area contributed by atoms with Crippen LogP contribution in [0, 0.1) is 24.0 Å². The third-order valence-corrected chi connectivity index (χ3v) is 2.38. The van der Waals surface area contributed by atoms with Crippen molar-refractivity contribution in [1.82, 2.24) is 9.78 Å². The first-order chi connectivity index (χ1) is 8.47. The molecule has 0 radical (unpaired) electrons. The highest BCUT2D eigenvalue weighted by Gasteiger charge is 2.22. The minimum absolute atomic E-state index is 0.0590. The first kappa shape index (κ1) is 13.9. The Balaban J connectivity index is 2.77. The fraction of sp³-hybridized carbons (Fsp3) is 0.455. The van der Waals surface area contributed by atoms with E-state index in [1.807, 2.05) is 6.92 Å². The average molecular weight is 253 g/mol. The predicted molar refractivity (Wildman–Crippen MR) is 64.1 cm³/mol. The normalized spacial score (nSPS) is 10.8. The molecule has 98 valence electrons. The van der Waals surface area contributed by atoms with E-state index in [4.69, 9.17) is 4.74 Å². The van der Waals surface area contributed by atoms with Crippen molar-refractivity contribution in [3.05, 3.63) is 33.7 Å². The van der Waals surface area contributed by atoms with E-state index in [-0.39, 0.29) is 18.8 Å². The Bertz CT molecular complexity index is 491. The summed E-state index contributed by atoms with van der Waals surface area (Å²) in [5.41, 5.74) is 0.579. The van der Waals surface area contributed by atoms with Gasteiger partial charge in [0.25, 0.3) is 0 Å². The highest BCUT2D eigenvalue weighted by molar-refractivity contribution is 5.69. The summed E-state index contributed by atoms with van der Waals surface area (Å²) < 4.78 is 6.18. The molecule has 18 heavy (non-hydrogen) atoms. The lowest BCUT2D eigenvalue weighted by Gasteiger charge is -2.03. The second-order valence-corrected chi connectivity index (χ2v) is 3.69. The van der Waals surface area contributed by atoms with E-state index < -0.39 is 10.9 Å². The monoisotopic (exact) mass is 253 g/mol. The van der Waals surface area contributed by atoms with Gasteiger partial charge in [-0.3, -0.25) is 19.6 Å². The molecule has 0 bridgehead atoms. The Hall–Kier alpha value is -2.18. The zero-order chi connectivity index (χ0) is 13.7. The fourth-order valence-corrected chi connectivity index (χ4v) is 1.51. The molecule has 1 rings (SSSR count). The summed E-state index contributed by atoms with van der Waals surface area (Å²) in [6, 6.07) is 0. The van der Waals surface area contributed by atoms with Gasteiger partial charge < -0.3 is 4.74 Å². The predicted octanol–water partition coefficient (Wildman–Crippen LogP) is 1.53. The van der Waals surface area contributed by atoms with Gasteiger partial charge in [0.2, 0.25) is 0 Å². The molecule has 0 unspecified atom stereocenters. The molecule has 0 atom stereocenters. The van der Waals surface area contributed by atoms with E-state index in [2.05, 4.69) is 5.10 Å². The molecule has 1 heterocycles. The standard InChI is InChI=1S/C11H15N3O4/c1-4-5-6-18-10(15)7-13-9(3)11(14(16)17)8(2)12-13/h4-5H,6-7H2,1-3H3/b5-4+. The van der Waals surface area contributed by atoms with E-state index in [0.717, 1.165) is 0 Å². The Morgan fingerprint density at radius 1 is 1.56 bits per heavy atom. The zero-order valence-electron chi connectivity index (χ0n) is 10.5. The van der Waals surface area contributed by atoms with Crippen LogP contribution in [0.1, 0.15) is 18.3 Å². The van der Waals surface area contributed by atoms with E-state index >= 15 is 0 Å². The number of hydrogen-bond donors (Lipinski definition) is 0. The van der Waals surface area contributed by atoms with Crippen molar-refractivity contribution in [3.63, 3.8) is 0 Å². The second kappa shape index (κ2) is 5.95. The van der Waals surface area contributed by atoms with Crippen molar-refractivity contribution in [1.29, 1.82) is 0 Å². The number of nitro groups is 1. The number of ether oxygens (including phenoxy) is 1. The van der Waals surface area contributed by atoms with Crippen molar-refractivity contribution in [2.24, 2.45) is 0 Å². The smallest absolute Gasteiger partial charge is 0.328 e. The van der Waals surface area contributed by atoms with E-state index in [1.165, 1.54) is 11.6 Å². The number of carbonyl (C=O) groups excluding carboxylic acids is 1. The molecule has 0 fully saturated rings. The molecule has 7 heteroatoms. The Morgan fingerprint density at radius 2 is 2.22 bits per heavy atom. The highest BCUT2D eigenvalue weighted by atomic mass is 16.6. The first-order valence-corrected chi connectivity index (χ1v) is 5.42. The van der Waals surface area contributed by atoms with Crippen LogP contribution in [-0.2, 0) is 16.1 Å². The molecule has 0 aliphatic carbocycles. The molecule has 0 saturated carbocycles. The number of aryl methyl sites for hydroxylation is 1. The van der Waals surface area contributed by atoms with E-state index in [0.29, 0.717) is 11.4 Å². The lowest BCUT2D eigenvalue weighted by atomic mass is 10.3. The molecule has 7 nitrogen and oxygen atoms in total. The molecule has 0 N–H and O–H groups in total. The largest absolute Gasteiger partial charge is 0.460 e. The Kier molecular flexibility index (Phi) is 4.59. The van der Waals surface area contributed by atoms with Crippen molar-refractivity contribution in [3.8, 4) is 0 Å².